The molecule has 18 heavy (non-hydrogen) atoms. The zero-order valence-corrected chi connectivity index (χ0v) is 12.3. The number of thiophene rings is 1. The molecule has 2 aromatic rings. The molecule has 0 radical (unpaired) electrons. The van der Waals surface area contributed by atoms with Gasteiger partial charge in [-0.15, -0.1) is 11.3 Å². The Morgan fingerprint density at radius 1 is 1.17 bits per heavy atom. The SMILES string of the molecule is Cc1cc(C)c(CC(C)(O)c2cccs2)c(C)c1. The Labute approximate surface area is 113 Å². The van der Waals surface area contributed by atoms with Crippen LogP contribution in [0, 0.1) is 20.8 Å². The molecule has 1 unspecified atom stereocenters. The number of benzene rings is 1. The molecule has 1 nitrogen and oxygen atoms in total. The van der Waals surface area contributed by atoms with Gasteiger partial charge in [-0.2, -0.15) is 0 Å². The highest BCUT2D eigenvalue weighted by atomic mass is 32.1. The average Bonchev–Trinajstić information content (AvgIpc) is 2.77. The number of hydrogen-bond acceptors (Lipinski definition) is 2. The van der Waals surface area contributed by atoms with Gasteiger partial charge in [0.15, 0.2) is 0 Å². The van der Waals surface area contributed by atoms with E-state index in [1.54, 1.807) is 11.3 Å². The summed E-state index contributed by atoms with van der Waals surface area (Å²) in [6.07, 6.45) is 0.672. The van der Waals surface area contributed by atoms with Crippen molar-refractivity contribution >= 4 is 11.3 Å². The molecule has 0 aliphatic heterocycles. The molecule has 1 heterocycles. The third kappa shape index (κ3) is 2.65. The Balaban J connectivity index is 2.35. The van der Waals surface area contributed by atoms with Crippen molar-refractivity contribution in [1.82, 2.24) is 0 Å². The van der Waals surface area contributed by atoms with Crippen LogP contribution in [0.15, 0.2) is 29.6 Å². The van der Waals surface area contributed by atoms with Gasteiger partial charge >= 0.3 is 0 Å². The lowest BCUT2D eigenvalue weighted by Gasteiger charge is -2.24. The Morgan fingerprint density at radius 3 is 2.28 bits per heavy atom. The quantitative estimate of drug-likeness (QED) is 0.880. The molecule has 0 amide bonds. The van der Waals surface area contributed by atoms with Crippen LogP contribution < -0.4 is 0 Å². The Kier molecular flexibility index (Phi) is 3.60. The van der Waals surface area contributed by atoms with Crippen LogP contribution in [0.3, 0.4) is 0 Å². The number of aliphatic hydroxyl groups is 1. The maximum atomic E-state index is 10.7. The second-order valence-corrected chi connectivity index (χ2v) is 6.25. The van der Waals surface area contributed by atoms with Gasteiger partial charge in [0.1, 0.15) is 0 Å². The van der Waals surface area contributed by atoms with E-state index in [0.717, 1.165) is 4.88 Å². The molecule has 1 N–H and O–H groups in total. The summed E-state index contributed by atoms with van der Waals surface area (Å²) in [6, 6.07) is 8.37. The van der Waals surface area contributed by atoms with E-state index in [4.69, 9.17) is 0 Å². The largest absolute Gasteiger partial charge is 0.384 e. The number of hydrogen-bond donors (Lipinski definition) is 1. The van der Waals surface area contributed by atoms with Crippen molar-refractivity contribution in [2.45, 2.75) is 39.7 Å². The van der Waals surface area contributed by atoms with Crippen molar-refractivity contribution < 1.29 is 5.11 Å². The molecule has 0 spiro atoms. The Bertz CT molecular complexity index is 515. The maximum Gasteiger partial charge on any atom is 0.1000 e. The summed E-state index contributed by atoms with van der Waals surface area (Å²) in [6.45, 7) is 8.26. The van der Waals surface area contributed by atoms with Crippen molar-refractivity contribution in [2.75, 3.05) is 0 Å². The lowest BCUT2D eigenvalue weighted by atomic mass is 9.89. The zero-order chi connectivity index (χ0) is 13.3. The van der Waals surface area contributed by atoms with Gasteiger partial charge in [-0.3, -0.25) is 0 Å². The zero-order valence-electron chi connectivity index (χ0n) is 11.4. The van der Waals surface area contributed by atoms with Crippen LogP contribution in [0.5, 0.6) is 0 Å². The highest BCUT2D eigenvalue weighted by Crippen LogP contribution is 2.31. The van der Waals surface area contributed by atoms with Gasteiger partial charge in [-0.25, -0.2) is 0 Å². The van der Waals surface area contributed by atoms with Crippen molar-refractivity contribution in [3.8, 4) is 0 Å². The van der Waals surface area contributed by atoms with Crippen LogP contribution in [0.25, 0.3) is 0 Å². The third-order valence-electron chi connectivity index (χ3n) is 3.41. The third-order valence-corrected chi connectivity index (χ3v) is 4.54. The molecule has 0 bridgehead atoms. The minimum atomic E-state index is -0.779. The Morgan fingerprint density at radius 2 is 1.78 bits per heavy atom. The predicted octanol–water partition coefficient (Wildman–Crippen LogP) is 4.12. The van der Waals surface area contributed by atoms with Crippen LogP contribution in [-0.4, -0.2) is 5.11 Å². The monoisotopic (exact) mass is 260 g/mol. The summed E-state index contributed by atoms with van der Waals surface area (Å²) in [5.41, 5.74) is 4.30. The van der Waals surface area contributed by atoms with Crippen molar-refractivity contribution in [2.24, 2.45) is 0 Å². The lowest BCUT2D eigenvalue weighted by Crippen LogP contribution is -2.24. The standard InChI is InChI=1S/C16H20OS/c1-11-8-12(2)14(13(3)9-11)10-16(4,17)15-6-5-7-18-15/h5-9,17H,10H2,1-4H3. The molecule has 1 atom stereocenters. The van der Waals surface area contributed by atoms with Gasteiger partial charge < -0.3 is 5.11 Å². The molecule has 0 aliphatic carbocycles. The highest BCUT2D eigenvalue weighted by Gasteiger charge is 2.26. The van der Waals surface area contributed by atoms with Crippen molar-refractivity contribution in [3.05, 3.63) is 56.8 Å². The van der Waals surface area contributed by atoms with E-state index in [1.807, 2.05) is 24.4 Å². The van der Waals surface area contributed by atoms with Gasteiger partial charge in [-0.1, -0.05) is 23.8 Å². The molecule has 1 aromatic heterocycles. The highest BCUT2D eigenvalue weighted by molar-refractivity contribution is 7.10. The molecule has 1 aromatic carbocycles. The van der Waals surface area contributed by atoms with E-state index in [1.165, 1.54) is 22.3 Å². The first-order chi connectivity index (χ1) is 8.40. The van der Waals surface area contributed by atoms with E-state index >= 15 is 0 Å². The summed E-state index contributed by atoms with van der Waals surface area (Å²) in [4.78, 5) is 1.03. The van der Waals surface area contributed by atoms with Crippen LogP contribution in [0.2, 0.25) is 0 Å². The molecular weight excluding hydrogens is 240 g/mol. The van der Waals surface area contributed by atoms with Gasteiger partial charge in [-0.05, 0) is 55.8 Å². The van der Waals surface area contributed by atoms with Gasteiger partial charge in [0.05, 0.1) is 5.60 Å². The molecular formula is C16H20OS. The molecule has 0 saturated carbocycles. The lowest BCUT2D eigenvalue weighted by molar-refractivity contribution is 0.0611. The van der Waals surface area contributed by atoms with Crippen molar-refractivity contribution in [1.29, 1.82) is 0 Å². The summed E-state index contributed by atoms with van der Waals surface area (Å²) in [7, 11) is 0. The molecule has 2 heteroatoms. The number of aryl methyl sites for hydroxylation is 3. The first-order valence-corrected chi connectivity index (χ1v) is 7.11. The average molecular weight is 260 g/mol. The van der Waals surface area contributed by atoms with Crippen LogP contribution >= 0.6 is 11.3 Å². The predicted molar refractivity (Wildman–Crippen MR) is 78.2 cm³/mol. The minimum absolute atomic E-state index is 0.672. The van der Waals surface area contributed by atoms with E-state index in [2.05, 4.69) is 32.9 Å². The van der Waals surface area contributed by atoms with E-state index in [0.29, 0.717) is 6.42 Å². The fourth-order valence-electron chi connectivity index (χ4n) is 2.51. The fourth-order valence-corrected chi connectivity index (χ4v) is 3.29. The van der Waals surface area contributed by atoms with E-state index in [9.17, 15) is 5.11 Å². The van der Waals surface area contributed by atoms with Crippen molar-refractivity contribution in [3.63, 3.8) is 0 Å². The van der Waals surface area contributed by atoms with E-state index in [-0.39, 0.29) is 0 Å². The molecule has 0 fully saturated rings. The van der Waals surface area contributed by atoms with Gasteiger partial charge in [0.2, 0.25) is 0 Å². The molecule has 0 aliphatic rings. The van der Waals surface area contributed by atoms with Gasteiger partial charge in [0.25, 0.3) is 0 Å². The van der Waals surface area contributed by atoms with Crippen LogP contribution in [0.1, 0.15) is 34.1 Å². The minimum Gasteiger partial charge on any atom is -0.384 e. The van der Waals surface area contributed by atoms with E-state index < -0.39 is 5.60 Å². The summed E-state index contributed by atoms with van der Waals surface area (Å²) >= 11 is 1.61. The summed E-state index contributed by atoms with van der Waals surface area (Å²) < 4.78 is 0. The smallest absolute Gasteiger partial charge is 0.1000 e. The second-order valence-electron chi connectivity index (χ2n) is 5.31. The summed E-state index contributed by atoms with van der Waals surface area (Å²) in [5.74, 6) is 0. The van der Waals surface area contributed by atoms with Gasteiger partial charge in [0, 0.05) is 11.3 Å². The topological polar surface area (TPSA) is 20.2 Å². The normalized spacial score (nSPS) is 14.5. The molecule has 0 saturated heterocycles. The number of rotatable bonds is 3. The fraction of sp³-hybridized carbons (Fsp3) is 0.375. The molecule has 96 valence electrons. The maximum absolute atomic E-state index is 10.7. The Hall–Kier alpha value is -1.12. The summed E-state index contributed by atoms with van der Waals surface area (Å²) in [5, 5.41) is 12.7. The first-order valence-electron chi connectivity index (χ1n) is 6.23. The first kappa shape index (κ1) is 13.3. The van der Waals surface area contributed by atoms with Crippen LogP contribution in [-0.2, 0) is 12.0 Å². The van der Waals surface area contributed by atoms with Crippen LogP contribution in [0.4, 0.5) is 0 Å². The molecule has 2 rings (SSSR count). The second kappa shape index (κ2) is 4.87.